The smallest absolute Gasteiger partial charge is 0.120 e. The summed E-state index contributed by atoms with van der Waals surface area (Å²) in [5.41, 5.74) is 0.820. The van der Waals surface area contributed by atoms with Gasteiger partial charge in [0, 0.05) is 30.2 Å². The summed E-state index contributed by atoms with van der Waals surface area (Å²) in [5.74, 6) is 1.02. The van der Waals surface area contributed by atoms with Gasteiger partial charge in [0.15, 0.2) is 0 Å². The third kappa shape index (κ3) is 3.18. The summed E-state index contributed by atoms with van der Waals surface area (Å²) < 4.78 is 5.11. The highest BCUT2D eigenvalue weighted by Crippen LogP contribution is 2.22. The topological polar surface area (TPSA) is 54.4 Å². The van der Waals surface area contributed by atoms with Gasteiger partial charge >= 0.3 is 0 Å². The Balaban J connectivity index is 1.94. The molecular formula is C12H14N2O2S. The molecule has 0 aliphatic heterocycles. The minimum atomic E-state index is 0.275. The van der Waals surface area contributed by atoms with Gasteiger partial charge in [-0.15, -0.1) is 11.3 Å². The number of nitrogens with zero attached hydrogens (tertiary/aromatic N) is 1. The average Bonchev–Trinajstić information content (AvgIpc) is 2.84. The van der Waals surface area contributed by atoms with Gasteiger partial charge in [-0.25, -0.2) is 4.98 Å². The van der Waals surface area contributed by atoms with E-state index in [-0.39, 0.29) is 5.75 Å². The molecule has 1 heterocycles. The Kier molecular flexibility index (Phi) is 3.95. The van der Waals surface area contributed by atoms with Crippen LogP contribution in [0, 0.1) is 0 Å². The molecule has 1 aromatic carbocycles. The highest BCUT2D eigenvalue weighted by Gasteiger charge is 2.03. The second-order valence-electron chi connectivity index (χ2n) is 3.52. The zero-order valence-corrected chi connectivity index (χ0v) is 10.3. The van der Waals surface area contributed by atoms with Crippen molar-refractivity contribution in [2.75, 3.05) is 7.11 Å². The zero-order chi connectivity index (χ0) is 12.1. The van der Waals surface area contributed by atoms with E-state index in [0.29, 0.717) is 13.1 Å². The molecule has 4 nitrogen and oxygen atoms in total. The van der Waals surface area contributed by atoms with Crippen molar-refractivity contribution in [1.82, 2.24) is 10.3 Å². The first kappa shape index (κ1) is 11.9. The Hall–Kier alpha value is -1.59. The normalized spacial score (nSPS) is 10.4. The highest BCUT2D eigenvalue weighted by molar-refractivity contribution is 7.09. The molecule has 0 atom stereocenters. The summed E-state index contributed by atoms with van der Waals surface area (Å²) in [5, 5.41) is 15.9. The van der Waals surface area contributed by atoms with Crippen LogP contribution in [0.4, 0.5) is 0 Å². The van der Waals surface area contributed by atoms with Gasteiger partial charge < -0.3 is 15.2 Å². The van der Waals surface area contributed by atoms with Crippen molar-refractivity contribution >= 4 is 11.3 Å². The molecule has 0 bridgehead atoms. The number of hydrogen-bond donors (Lipinski definition) is 2. The molecule has 0 saturated carbocycles. The fraction of sp³-hybridized carbons (Fsp3) is 0.250. The lowest BCUT2D eigenvalue weighted by atomic mass is 10.2. The molecule has 2 aromatic rings. The van der Waals surface area contributed by atoms with Crippen LogP contribution in [0.5, 0.6) is 11.5 Å². The van der Waals surface area contributed by atoms with Crippen molar-refractivity contribution in [3.63, 3.8) is 0 Å². The minimum absolute atomic E-state index is 0.275. The number of nitrogens with one attached hydrogen (secondary N) is 1. The molecule has 0 radical (unpaired) electrons. The van der Waals surface area contributed by atoms with Crippen molar-refractivity contribution in [1.29, 1.82) is 0 Å². The maximum atomic E-state index is 9.68. The van der Waals surface area contributed by atoms with Gasteiger partial charge in [0.25, 0.3) is 0 Å². The molecule has 1 aromatic heterocycles. The Bertz CT molecular complexity index is 471. The number of aromatic hydroxyl groups is 1. The molecule has 0 saturated heterocycles. The molecule has 0 amide bonds. The van der Waals surface area contributed by atoms with Gasteiger partial charge in [-0.1, -0.05) is 0 Å². The molecule has 90 valence electrons. The van der Waals surface area contributed by atoms with Crippen molar-refractivity contribution in [3.05, 3.63) is 40.3 Å². The number of phenolic OH excluding ortho intramolecular Hbond substituents is 1. The molecule has 5 heteroatoms. The zero-order valence-electron chi connectivity index (χ0n) is 9.51. The SMILES string of the molecule is COc1ccc(O)c(CNCc2nccs2)c1. The maximum absolute atomic E-state index is 9.68. The van der Waals surface area contributed by atoms with E-state index in [1.165, 1.54) is 0 Å². The second kappa shape index (κ2) is 5.65. The summed E-state index contributed by atoms with van der Waals surface area (Å²) in [6, 6.07) is 5.20. The van der Waals surface area contributed by atoms with E-state index >= 15 is 0 Å². The lowest BCUT2D eigenvalue weighted by Gasteiger charge is -2.07. The summed E-state index contributed by atoms with van der Waals surface area (Å²) in [6.45, 7) is 1.29. The van der Waals surface area contributed by atoms with Crippen LogP contribution in [0.3, 0.4) is 0 Å². The highest BCUT2D eigenvalue weighted by atomic mass is 32.1. The summed E-state index contributed by atoms with van der Waals surface area (Å²) in [6.07, 6.45) is 1.78. The number of aromatic nitrogens is 1. The second-order valence-corrected chi connectivity index (χ2v) is 4.50. The van der Waals surface area contributed by atoms with Gasteiger partial charge in [-0.3, -0.25) is 0 Å². The van der Waals surface area contributed by atoms with Gasteiger partial charge in [-0.2, -0.15) is 0 Å². The van der Waals surface area contributed by atoms with Crippen LogP contribution in [-0.4, -0.2) is 17.2 Å². The number of rotatable bonds is 5. The number of thiazole rings is 1. The lowest BCUT2D eigenvalue weighted by Crippen LogP contribution is -2.12. The summed E-state index contributed by atoms with van der Waals surface area (Å²) in [7, 11) is 1.61. The van der Waals surface area contributed by atoms with Crippen molar-refractivity contribution in [2.45, 2.75) is 13.1 Å². The monoisotopic (exact) mass is 250 g/mol. The van der Waals surface area contributed by atoms with Crippen LogP contribution in [0.1, 0.15) is 10.6 Å². The summed E-state index contributed by atoms with van der Waals surface area (Å²) in [4.78, 5) is 4.17. The average molecular weight is 250 g/mol. The molecule has 2 N–H and O–H groups in total. The van der Waals surface area contributed by atoms with E-state index in [9.17, 15) is 5.11 Å². The Morgan fingerprint density at radius 1 is 1.41 bits per heavy atom. The quantitative estimate of drug-likeness (QED) is 0.853. The van der Waals surface area contributed by atoms with Crippen LogP contribution in [0.25, 0.3) is 0 Å². The van der Waals surface area contributed by atoms with E-state index in [2.05, 4.69) is 10.3 Å². The lowest BCUT2D eigenvalue weighted by molar-refractivity contribution is 0.410. The van der Waals surface area contributed by atoms with Gasteiger partial charge in [-0.05, 0) is 18.2 Å². The first-order valence-electron chi connectivity index (χ1n) is 5.24. The van der Waals surface area contributed by atoms with E-state index in [4.69, 9.17) is 4.74 Å². The number of phenols is 1. The molecule has 17 heavy (non-hydrogen) atoms. The van der Waals surface area contributed by atoms with E-state index in [0.717, 1.165) is 16.3 Å². The van der Waals surface area contributed by atoms with Gasteiger partial charge in [0.05, 0.1) is 7.11 Å². The van der Waals surface area contributed by atoms with E-state index in [1.807, 2.05) is 11.4 Å². The molecule has 0 spiro atoms. The molecule has 2 rings (SSSR count). The largest absolute Gasteiger partial charge is 0.508 e. The van der Waals surface area contributed by atoms with E-state index in [1.54, 1.807) is 36.8 Å². The van der Waals surface area contributed by atoms with Crippen LogP contribution < -0.4 is 10.1 Å². The van der Waals surface area contributed by atoms with Crippen LogP contribution in [-0.2, 0) is 13.1 Å². The molecule has 0 fully saturated rings. The number of benzene rings is 1. The van der Waals surface area contributed by atoms with Crippen LogP contribution >= 0.6 is 11.3 Å². The van der Waals surface area contributed by atoms with Crippen molar-refractivity contribution in [3.8, 4) is 11.5 Å². The number of ether oxygens (including phenoxy) is 1. The predicted molar refractivity (Wildman–Crippen MR) is 67.3 cm³/mol. The summed E-state index contributed by atoms with van der Waals surface area (Å²) >= 11 is 1.61. The minimum Gasteiger partial charge on any atom is -0.508 e. The number of hydrogen-bond acceptors (Lipinski definition) is 5. The molecular weight excluding hydrogens is 236 g/mol. The standard InChI is InChI=1S/C12H14N2O2S/c1-16-10-2-3-11(15)9(6-10)7-13-8-12-14-4-5-17-12/h2-6,13,15H,7-8H2,1H3. The molecule has 0 aliphatic carbocycles. The Labute approximate surface area is 104 Å². The van der Waals surface area contributed by atoms with Crippen molar-refractivity contribution < 1.29 is 9.84 Å². The first-order chi connectivity index (χ1) is 8.29. The predicted octanol–water partition coefficient (Wildman–Crippen LogP) is 2.15. The molecule has 0 unspecified atom stereocenters. The maximum Gasteiger partial charge on any atom is 0.120 e. The third-order valence-corrected chi connectivity index (χ3v) is 3.14. The first-order valence-corrected chi connectivity index (χ1v) is 6.12. The van der Waals surface area contributed by atoms with Crippen LogP contribution in [0.2, 0.25) is 0 Å². The third-order valence-electron chi connectivity index (χ3n) is 2.36. The van der Waals surface area contributed by atoms with Crippen molar-refractivity contribution in [2.24, 2.45) is 0 Å². The van der Waals surface area contributed by atoms with Crippen LogP contribution in [0.15, 0.2) is 29.8 Å². The Morgan fingerprint density at radius 3 is 3.00 bits per heavy atom. The van der Waals surface area contributed by atoms with Gasteiger partial charge in [0.1, 0.15) is 16.5 Å². The number of methoxy groups -OCH3 is 1. The fourth-order valence-corrected chi connectivity index (χ4v) is 2.06. The van der Waals surface area contributed by atoms with E-state index < -0.39 is 0 Å². The fourth-order valence-electron chi connectivity index (χ4n) is 1.47. The van der Waals surface area contributed by atoms with Gasteiger partial charge in [0.2, 0.25) is 0 Å². The Morgan fingerprint density at radius 2 is 2.29 bits per heavy atom. The molecule has 0 aliphatic rings.